The van der Waals surface area contributed by atoms with Crippen LogP contribution in [0.1, 0.15) is 48.2 Å². The summed E-state index contributed by atoms with van der Waals surface area (Å²) in [5, 5.41) is 7.12. The highest BCUT2D eigenvalue weighted by atomic mass is 16.2. The lowest BCUT2D eigenvalue weighted by Gasteiger charge is -2.23. The van der Waals surface area contributed by atoms with Crippen molar-refractivity contribution in [2.45, 2.75) is 38.8 Å². The maximum atomic E-state index is 12.6. The standard InChI is InChI=1S/C17H24N6O/c1-12(2)14-9-15(21-20-14)17(24)23-8-5-13(10-23)22(3)11-16-18-6-4-7-19-16/h4,6-7,9,12-13H,5,8,10-11H2,1-3H3,(H,20,21)/t13-/m0/s1. The van der Waals surface area contributed by atoms with E-state index in [4.69, 9.17) is 0 Å². The molecule has 128 valence electrons. The van der Waals surface area contributed by atoms with Gasteiger partial charge in [-0.2, -0.15) is 5.10 Å². The lowest BCUT2D eigenvalue weighted by molar-refractivity contribution is 0.0773. The Morgan fingerprint density at radius 2 is 2.17 bits per heavy atom. The van der Waals surface area contributed by atoms with Crippen LogP contribution in [-0.2, 0) is 6.54 Å². The van der Waals surface area contributed by atoms with Gasteiger partial charge in [0.15, 0.2) is 0 Å². The number of rotatable bonds is 5. The number of hydrogen-bond donors (Lipinski definition) is 1. The van der Waals surface area contributed by atoms with Gasteiger partial charge in [-0.25, -0.2) is 9.97 Å². The van der Waals surface area contributed by atoms with Crippen LogP contribution in [0.3, 0.4) is 0 Å². The van der Waals surface area contributed by atoms with E-state index in [2.05, 4.69) is 46.0 Å². The van der Waals surface area contributed by atoms with E-state index in [1.54, 1.807) is 12.4 Å². The molecular weight excluding hydrogens is 304 g/mol. The topological polar surface area (TPSA) is 78.0 Å². The minimum absolute atomic E-state index is 0.00464. The summed E-state index contributed by atoms with van der Waals surface area (Å²) < 4.78 is 0. The number of aromatic nitrogens is 4. The predicted octanol–water partition coefficient (Wildman–Crippen LogP) is 1.67. The summed E-state index contributed by atoms with van der Waals surface area (Å²) in [5.74, 6) is 1.14. The molecule has 1 aliphatic rings. The van der Waals surface area contributed by atoms with E-state index in [-0.39, 0.29) is 5.91 Å². The summed E-state index contributed by atoms with van der Waals surface area (Å²) in [6.07, 6.45) is 4.46. The number of amides is 1. The van der Waals surface area contributed by atoms with E-state index in [1.807, 2.05) is 17.0 Å². The van der Waals surface area contributed by atoms with E-state index in [0.717, 1.165) is 24.5 Å². The van der Waals surface area contributed by atoms with Crippen LogP contribution in [0.4, 0.5) is 0 Å². The van der Waals surface area contributed by atoms with Crippen molar-refractivity contribution in [2.24, 2.45) is 0 Å². The van der Waals surface area contributed by atoms with Crippen LogP contribution in [-0.4, -0.2) is 62.1 Å². The normalized spacial score (nSPS) is 17.9. The maximum Gasteiger partial charge on any atom is 0.274 e. The number of aromatic amines is 1. The Hall–Kier alpha value is -2.28. The molecule has 0 saturated carbocycles. The molecule has 1 fully saturated rings. The fraction of sp³-hybridized carbons (Fsp3) is 0.529. The molecule has 3 rings (SSSR count). The third kappa shape index (κ3) is 3.62. The Morgan fingerprint density at radius 3 is 2.83 bits per heavy atom. The van der Waals surface area contributed by atoms with Crippen molar-refractivity contribution in [3.8, 4) is 0 Å². The van der Waals surface area contributed by atoms with Crippen molar-refractivity contribution < 1.29 is 4.79 Å². The molecule has 2 aromatic heterocycles. The molecule has 0 radical (unpaired) electrons. The highest BCUT2D eigenvalue weighted by molar-refractivity contribution is 5.92. The van der Waals surface area contributed by atoms with Gasteiger partial charge in [0.05, 0.1) is 6.54 Å². The number of H-pyrrole nitrogens is 1. The Balaban J connectivity index is 1.59. The molecule has 0 spiro atoms. The number of likely N-dealkylation sites (tertiary alicyclic amines) is 1. The zero-order valence-corrected chi connectivity index (χ0v) is 14.4. The van der Waals surface area contributed by atoms with Crippen molar-refractivity contribution in [1.29, 1.82) is 0 Å². The number of likely N-dealkylation sites (N-methyl/N-ethyl adjacent to an activating group) is 1. The zero-order valence-electron chi connectivity index (χ0n) is 14.4. The van der Waals surface area contributed by atoms with Crippen LogP contribution < -0.4 is 0 Å². The molecule has 0 bridgehead atoms. The van der Waals surface area contributed by atoms with Gasteiger partial charge >= 0.3 is 0 Å². The minimum Gasteiger partial charge on any atom is -0.336 e. The Morgan fingerprint density at radius 1 is 1.42 bits per heavy atom. The summed E-state index contributed by atoms with van der Waals surface area (Å²) in [4.78, 5) is 25.2. The van der Waals surface area contributed by atoms with Crippen LogP contribution in [0.5, 0.6) is 0 Å². The molecular formula is C17H24N6O. The monoisotopic (exact) mass is 328 g/mol. The van der Waals surface area contributed by atoms with E-state index < -0.39 is 0 Å². The van der Waals surface area contributed by atoms with Gasteiger partial charge in [0.1, 0.15) is 11.5 Å². The minimum atomic E-state index is 0.00464. The van der Waals surface area contributed by atoms with Crippen molar-refractivity contribution in [1.82, 2.24) is 30.0 Å². The Bertz CT molecular complexity index is 683. The summed E-state index contributed by atoms with van der Waals surface area (Å²) >= 11 is 0. The smallest absolute Gasteiger partial charge is 0.274 e. The van der Waals surface area contributed by atoms with Crippen LogP contribution >= 0.6 is 0 Å². The van der Waals surface area contributed by atoms with Gasteiger partial charge in [0.2, 0.25) is 0 Å². The zero-order chi connectivity index (χ0) is 17.1. The Kier molecular flexibility index (Phi) is 4.89. The van der Waals surface area contributed by atoms with Gasteiger partial charge in [0, 0.05) is 37.2 Å². The van der Waals surface area contributed by atoms with Gasteiger partial charge in [0.25, 0.3) is 5.91 Å². The predicted molar refractivity (Wildman–Crippen MR) is 90.5 cm³/mol. The molecule has 7 nitrogen and oxygen atoms in total. The van der Waals surface area contributed by atoms with Crippen molar-refractivity contribution in [3.05, 3.63) is 41.7 Å². The molecule has 1 aliphatic heterocycles. The second kappa shape index (κ2) is 7.09. The molecule has 7 heteroatoms. The highest BCUT2D eigenvalue weighted by Gasteiger charge is 2.30. The van der Waals surface area contributed by atoms with Crippen molar-refractivity contribution in [2.75, 3.05) is 20.1 Å². The van der Waals surface area contributed by atoms with E-state index in [1.165, 1.54) is 0 Å². The first-order valence-corrected chi connectivity index (χ1v) is 8.35. The summed E-state index contributed by atoms with van der Waals surface area (Å²) in [6.45, 7) is 6.31. The number of carbonyl (C=O) groups is 1. The lowest BCUT2D eigenvalue weighted by Crippen LogP contribution is -2.36. The van der Waals surface area contributed by atoms with Crippen LogP contribution in [0.25, 0.3) is 0 Å². The molecule has 24 heavy (non-hydrogen) atoms. The summed E-state index contributed by atoms with van der Waals surface area (Å²) in [6, 6.07) is 4.00. The number of nitrogens with one attached hydrogen (secondary N) is 1. The number of carbonyl (C=O) groups excluding carboxylic acids is 1. The van der Waals surface area contributed by atoms with E-state index >= 15 is 0 Å². The molecule has 1 atom stereocenters. The Labute approximate surface area is 142 Å². The second-order valence-electron chi connectivity index (χ2n) is 6.64. The lowest BCUT2D eigenvalue weighted by atomic mass is 10.1. The van der Waals surface area contributed by atoms with Crippen LogP contribution in [0.2, 0.25) is 0 Å². The molecule has 2 aromatic rings. The largest absolute Gasteiger partial charge is 0.336 e. The van der Waals surface area contributed by atoms with Crippen molar-refractivity contribution >= 4 is 5.91 Å². The maximum absolute atomic E-state index is 12.6. The van der Waals surface area contributed by atoms with Crippen LogP contribution in [0, 0.1) is 0 Å². The summed E-state index contributed by atoms with van der Waals surface area (Å²) in [5.41, 5.74) is 1.50. The fourth-order valence-electron chi connectivity index (χ4n) is 2.95. The van der Waals surface area contributed by atoms with Crippen LogP contribution in [0.15, 0.2) is 24.5 Å². The molecule has 1 amide bonds. The molecule has 0 aromatic carbocycles. The SMILES string of the molecule is CC(C)c1cc(C(=O)N2CC[C@H](N(C)Cc3ncccn3)C2)n[nH]1. The van der Waals surface area contributed by atoms with Gasteiger partial charge in [-0.05, 0) is 31.5 Å². The second-order valence-corrected chi connectivity index (χ2v) is 6.64. The quantitative estimate of drug-likeness (QED) is 0.903. The fourth-order valence-corrected chi connectivity index (χ4v) is 2.95. The third-order valence-electron chi connectivity index (χ3n) is 4.52. The highest BCUT2D eigenvalue weighted by Crippen LogP contribution is 2.19. The third-order valence-corrected chi connectivity index (χ3v) is 4.52. The number of hydrogen-bond acceptors (Lipinski definition) is 5. The average molecular weight is 328 g/mol. The number of nitrogens with zero attached hydrogens (tertiary/aromatic N) is 5. The van der Waals surface area contributed by atoms with E-state index in [9.17, 15) is 4.79 Å². The molecule has 1 saturated heterocycles. The van der Waals surface area contributed by atoms with Crippen molar-refractivity contribution in [3.63, 3.8) is 0 Å². The molecule has 0 unspecified atom stereocenters. The van der Waals surface area contributed by atoms with Gasteiger partial charge < -0.3 is 4.90 Å². The first-order valence-electron chi connectivity index (χ1n) is 8.35. The average Bonchev–Trinajstić information content (AvgIpc) is 3.25. The van der Waals surface area contributed by atoms with E-state index in [0.29, 0.717) is 30.7 Å². The van der Waals surface area contributed by atoms with Gasteiger partial charge in [-0.15, -0.1) is 0 Å². The summed E-state index contributed by atoms with van der Waals surface area (Å²) in [7, 11) is 2.06. The van der Waals surface area contributed by atoms with Gasteiger partial charge in [-0.3, -0.25) is 14.8 Å². The molecule has 3 heterocycles. The molecule has 1 N–H and O–H groups in total. The first-order chi connectivity index (χ1) is 11.5. The first kappa shape index (κ1) is 16.6. The molecule has 0 aliphatic carbocycles. The van der Waals surface area contributed by atoms with Gasteiger partial charge in [-0.1, -0.05) is 13.8 Å².